The topological polar surface area (TPSA) is 26.3 Å². The van der Waals surface area contributed by atoms with E-state index in [1.165, 1.54) is 16.7 Å². The number of ether oxygens (including phenoxy) is 1. The van der Waals surface area contributed by atoms with E-state index < -0.39 is 0 Å². The van der Waals surface area contributed by atoms with Crippen molar-refractivity contribution in [3.8, 4) is 5.75 Å². The minimum Gasteiger partial charge on any atom is -0.489 e. The van der Waals surface area contributed by atoms with E-state index in [4.69, 9.17) is 4.74 Å². The van der Waals surface area contributed by atoms with E-state index in [0.717, 1.165) is 10.9 Å². The number of Topliss-reactive ketones (excluding diaryl/α,β-unsaturated/α-hetero) is 1. The molecule has 1 aromatic rings. The highest BCUT2D eigenvalue weighted by molar-refractivity contribution is 9.10. The van der Waals surface area contributed by atoms with Gasteiger partial charge in [0.15, 0.2) is 5.78 Å². The molecule has 0 heterocycles. The van der Waals surface area contributed by atoms with Crippen molar-refractivity contribution in [2.45, 2.75) is 73.3 Å². The third-order valence-corrected chi connectivity index (χ3v) is 5.30. The van der Waals surface area contributed by atoms with Crippen molar-refractivity contribution in [1.82, 2.24) is 0 Å². The Balaban J connectivity index is 2.85. The van der Waals surface area contributed by atoms with Gasteiger partial charge in [0.2, 0.25) is 0 Å². The highest BCUT2D eigenvalue weighted by Crippen LogP contribution is 2.51. The summed E-state index contributed by atoms with van der Waals surface area (Å²) in [5.74, 6) is 0.713. The van der Waals surface area contributed by atoms with Crippen molar-refractivity contribution in [2.75, 3.05) is 0 Å². The van der Waals surface area contributed by atoms with Crippen molar-refractivity contribution in [1.29, 1.82) is 0 Å². The SMILES string of the molecule is CC(=O)c1cc2c(c(Br)c1OC(C)C)C(C)(C)CC=C2C(C)(C)C. The van der Waals surface area contributed by atoms with Gasteiger partial charge in [0, 0.05) is 0 Å². The molecule has 1 aliphatic carbocycles. The van der Waals surface area contributed by atoms with Crippen LogP contribution in [0.1, 0.15) is 83.3 Å². The average Bonchev–Trinajstić information content (AvgIpc) is 2.38. The maximum absolute atomic E-state index is 12.3. The lowest BCUT2D eigenvalue weighted by molar-refractivity contribution is 0.101. The lowest BCUT2D eigenvalue weighted by atomic mass is 9.67. The zero-order valence-electron chi connectivity index (χ0n) is 16.1. The normalized spacial score (nSPS) is 16.7. The van der Waals surface area contributed by atoms with Crippen LogP contribution in [-0.2, 0) is 5.41 Å². The number of carbonyl (C=O) groups excluding carboxylic acids is 1. The van der Waals surface area contributed by atoms with E-state index in [-0.39, 0.29) is 22.7 Å². The van der Waals surface area contributed by atoms with Gasteiger partial charge in [-0.15, -0.1) is 0 Å². The van der Waals surface area contributed by atoms with Crippen LogP contribution < -0.4 is 4.74 Å². The molecule has 0 aromatic heterocycles. The van der Waals surface area contributed by atoms with Crippen LogP contribution in [0, 0.1) is 5.41 Å². The molecule has 0 fully saturated rings. The maximum atomic E-state index is 12.3. The predicted octanol–water partition coefficient (Wildman–Crippen LogP) is 6.55. The van der Waals surface area contributed by atoms with Crippen molar-refractivity contribution < 1.29 is 9.53 Å². The third kappa shape index (κ3) is 3.46. The van der Waals surface area contributed by atoms with Gasteiger partial charge >= 0.3 is 0 Å². The molecule has 1 aliphatic rings. The first-order valence-corrected chi connectivity index (χ1v) is 9.41. The Morgan fingerprint density at radius 2 is 1.88 bits per heavy atom. The lowest BCUT2D eigenvalue weighted by Crippen LogP contribution is -2.27. The smallest absolute Gasteiger partial charge is 0.163 e. The summed E-state index contributed by atoms with van der Waals surface area (Å²) < 4.78 is 6.96. The molecule has 0 spiro atoms. The van der Waals surface area contributed by atoms with Gasteiger partial charge in [-0.05, 0) is 76.7 Å². The van der Waals surface area contributed by atoms with Gasteiger partial charge in [-0.25, -0.2) is 0 Å². The molecule has 0 aliphatic heterocycles. The Kier molecular flexibility index (Phi) is 5.07. The number of carbonyl (C=O) groups is 1. The van der Waals surface area contributed by atoms with E-state index >= 15 is 0 Å². The molecule has 2 nitrogen and oxygen atoms in total. The molecule has 0 radical (unpaired) electrons. The van der Waals surface area contributed by atoms with Gasteiger partial charge < -0.3 is 4.74 Å². The van der Waals surface area contributed by atoms with Gasteiger partial charge in [-0.3, -0.25) is 4.79 Å². The number of benzene rings is 1. The summed E-state index contributed by atoms with van der Waals surface area (Å²) in [4.78, 5) is 12.3. The van der Waals surface area contributed by atoms with Crippen molar-refractivity contribution in [3.63, 3.8) is 0 Å². The summed E-state index contributed by atoms with van der Waals surface area (Å²) in [5, 5.41) is 0. The fourth-order valence-corrected chi connectivity index (χ4v) is 4.46. The van der Waals surface area contributed by atoms with Crippen LogP contribution in [0.15, 0.2) is 16.6 Å². The Morgan fingerprint density at radius 3 is 2.33 bits per heavy atom. The van der Waals surface area contributed by atoms with Crippen molar-refractivity contribution in [2.24, 2.45) is 5.41 Å². The van der Waals surface area contributed by atoms with E-state index in [2.05, 4.69) is 56.6 Å². The average molecular weight is 393 g/mol. The van der Waals surface area contributed by atoms with Gasteiger partial charge in [-0.2, -0.15) is 0 Å². The van der Waals surface area contributed by atoms with Gasteiger partial charge in [-0.1, -0.05) is 40.7 Å². The molecular weight excluding hydrogens is 364 g/mol. The second kappa shape index (κ2) is 6.33. The zero-order valence-corrected chi connectivity index (χ0v) is 17.7. The summed E-state index contributed by atoms with van der Waals surface area (Å²) in [7, 11) is 0. The van der Waals surface area contributed by atoms with E-state index in [0.29, 0.717) is 11.3 Å². The van der Waals surface area contributed by atoms with Crippen LogP contribution >= 0.6 is 15.9 Å². The van der Waals surface area contributed by atoms with Crippen LogP contribution in [0.25, 0.3) is 5.57 Å². The fraction of sp³-hybridized carbons (Fsp3) is 0.571. The monoisotopic (exact) mass is 392 g/mol. The molecule has 3 heteroatoms. The van der Waals surface area contributed by atoms with E-state index in [1.807, 2.05) is 19.9 Å². The Morgan fingerprint density at radius 1 is 1.29 bits per heavy atom. The summed E-state index contributed by atoms with van der Waals surface area (Å²) in [5.41, 5.74) is 4.40. The maximum Gasteiger partial charge on any atom is 0.163 e. The second-order valence-electron chi connectivity index (χ2n) is 8.67. The molecular formula is C21H29BrO2. The van der Waals surface area contributed by atoms with Crippen LogP contribution in [0.3, 0.4) is 0 Å². The Bertz CT molecular complexity index is 704. The first kappa shape index (κ1) is 19.2. The molecule has 2 rings (SSSR count). The molecule has 24 heavy (non-hydrogen) atoms. The Labute approximate surface area is 154 Å². The quantitative estimate of drug-likeness (QED) is 0.545. The summed E-state index contributed by atoms with van der Waals surface area (Å²) in [6.07, 6.45) is 3.33. The second-order valence-corrected chi connectivity index (χ2v) is 9.46. The number of allylic oxidation sites excluding steroid dienone is 2. The van der Waals surface area contributed by atoms with Crippen LogP contribution in [0.5, 0.6) is 5.75 Å². The van der Waals surface area contributed by atoms with Crippen LogP contribution in [0.4, 0.5) is 0 Å². The number of ketones is 1. The first-order chi connectivity index (χ1) is 10.9. The van der Waals surface area contributed by atoms with Crippen molar-refractivity contribution in [3.05, 3.63) is 33.3 Å². The van der Waals surface area contributed by atoms with Crippen molar-refractivity contribution >= 4 is 27.3 Å². The summed E-state index contributed by atoms with van der Waals surface area (Å²) >= 11 is 3.78. The molecule has 0 amide bonds. The Hall–Kier alpha value is -1.09. The standard InChI is InChI=1S/C21H29BrO2/c1-12(2)24-19-14(13(3)23)11-15-16(20(4,5)6)9-10-21(7,8)17(15)18(19)22/h9,11-12H,10H2,1-8H3. The van der Waals surface area contributed by atoms with E-state index in [1.54, 1.807) is 6.92 Å². The molecule has 0 unspecified atom stereocenters. The molecule has 0 saturated heterocycles. The molecule has 0 bridgehead atoms. The van der Waals surface area contributed by atoms with E-state index in [9.17, 15) is 4.79 Å². The molecule has 132 valence electrons. The minimum absolute atomic E-state index is 0.00662. The highest BCUT2D eigenvalue weighted by atomic mass is 79.9. The molecule has 0 N–H and O–H groups in total. The fourth-order valence-electron chi connectivity index (χ4n) is 3.40. The number of hydrogen-bond donors (Lipinski definition) is 0. The van der Waals surface area contributed by atoms with Crippen LogP contribution in [-0.4, -0.2) is 11.9 Å². The largest absolute Gasteiger partial charge is 0.489 e. The predicted molar refractivity (Wildman–Crippen MR) is 105 cm³/mol. The number of hydrogen-bond acceptors (Lipinski definition) is 2. The molecule has 0 saturated carbocycles. The highest BCUT2D eigenvalue weighted by Gasteiger charge is 2.36. The summed E-state index contributed by atoms with van der Waals surface area (Å²) in [6, 6.07) is 2.04. The zero-order chi connectivity index (χ0) is 18.4. The lowest BCUT2D eigenvalue weighted by Gasteiger charge is -2.38. The number of halogens is 1. The van der Waals surface area contributed by atoms with Gasteiger partial charge in [0.25, 0.3) is 0 Å². The summed E-state index contributed by atoms with van der Waals surface area (Å²) in [6.45, 7) is 16.7. The number of rotatable bonds is 3. The number of fused-ring (bicyclic) bond motifs is 1. The van der Waals surface area contributed by atoms with Gasteiger partial charge in [0.05, 0.1) is 16.1 Å². The van der Waals surface area contributed by atoms with Crippen LogP contribution in [0.2, 0.25) is 0 Å². The minimum atomic E-state index is -0.00662. The first-order valence-electron chi connectivity index (χ1n) is 8.62. The molecule has 1 aromatic carbocycles. The molecule has 0 atom stereocenters. The van der Waals surface area contributed by atoms with Gasteiger partial charge in [0.1, 0.15) is 5.75 Å². The third-order valence-electron chi connectivity index (χ3n) is 4.55.